The van der Waals surface area contributed by atoms with E-state index < -0.39 is 22.6 Å². The first-order chi connectivity index (χ1) is 12.9. The molecule has 152 valence electrons. The molecule has 0 aromatic heterocycles. The van der Waals surface area contributed by atoms with E-state index >= 15 is 0 Å². The first-order valence-electron chi connectivity index (χ1n) is 9.93. The van der Waals surface area contributed by atoms with Crippen LogP contribution in [0.1, 0.15) is 46.5 Å². The summed E-state index contributed by atoms with van der Waals surface area (Å²) in [6.07, 6.45) is 2.81. The lowest BCUT2D eigenvalue weighted by Gasteiger charge is -2.34. The van der Waals surface area contributed by atoms with Crippen LogP contribution >= 0.6 is 11.8 Å². The molecule has 2 N–H and O–H groups in total. The van der Waals surface area contributed by atoms with Crippen LogP contribution in [0.4, 0.5) is 0 Å². The number of esters is 1. The van der Waals surface area contributed by atoms with E-state index in [1.54, 1.807) is 23.6 Å². The number of hydrogen-bond donors (Lipinski definition) is 2. The highest BCUT2D eigenvalue weighted by Gasteiger charge is 2.73. The van der Waals surface area contributed by atoms with E-state index in [0.717, 1.165) is 12.8 Å². The summed E-state index contributed by atoms with van der Waals surface area (Å²) in [5.74, 6) is -1.51. The van der Waals surface area contributed by atoms with E-state index in [-0.39, 0.29) is 42.3 Å². The Morgan fingerprint density at radius 3 is 2.78 bits per heavy atom. The zero-order chi connectivity index (χ0) is 19.8. The Morgan fingerprint density at radius 1 is 1.41 bits per heavy atom. The standard InChI is InChI=1S/C19H30N2O5S/c1-4-26-18(25)13-12-7-8-19(27-12)14(13)17(24)21(9-5-6-10-22)15(19)16(23)20-11(2)3/h11-15,22H,4-10H2,1-3H3,(H,20,23)/t12-,13+,14+,15?,19?/m1/s1. The molecule has 3 rings (SSSR count). The van der Waals surface area contributed by atoms with Crippen LogP contribution in [0.2, 0.25) is 0 Å². The largest absolute Gasteiger partial charge is 0.466 e. The van der Waals surface area contributed by atoms with Gasteiger partial charge in [-0.15, -0.1) is 11.8 Å². The number of nitrogens with zero attached hydrogens (tertiary/aromatic N) is 1. The van der Waals surface area contributed by atoms with Crippen LogP contribution in [0, 0.1) is 11.8 Å². The summed E-state index contributed by atoms with van der Waals surface area (Å²) in [5, 5.41) is 12.1. The van der Waals surface area contributed by atoms with Crippen LogP contribution in [0.15, 0.2) is 0 Å². The highest BCUT2D eigenvalue weighted by molar-refractivity contribution is 8.02. The molecule has 0 aromatic carbocycles. The van der Waals surface area contributed by atoms with Crippen LogP contribution < -0.4 is 5.32 Å². The van der Waals surface area contributed by atoms with E-state index in [4.69, 9.17) is 9.84 Å². The van der Waals surface area contributed by atoms with Crippen LogP contribution in [-0.4, -0.2) is 69.6 Å². The van der Waals surface area contributed by atoms with Crippen LogP contribution in [0.5, 0.6) is 0 Å². The second-order valence-corrected chi connectivity index (χ2v) is 9.53. The fourth-order valence-electron chi connectivity index (χ4n) is 4.96. The molecule has 0 saturated carbocycles. The molecular formula is C19H30N2O5S. The van der Waals surface area contributed by atoms with Crippen molar-refractivity contribution in [3.05, 3.63) is 0 Å². The number of fused-ring (bicyclic) bond motifs is 1. The van der Waals surface area contributed by atoms with Crippen molar-refractivity contribution in [1.29, 1.82) is 0 Å². The number of hydrogen-bond acceptors (Lipinski definition) is 6. The highest BCUT2D eigenvalue weighted by Crippen LogP contribution is 2.66. The van der Waals surface area contributed by atoms with E-state index in [1.165, 1.54) is 0 Å². The van der Waals surface area contributed by atoms with Gasteiger partial charge in [0.1, 0.15) is 6.04 Å². The molecule has 0 radical (unpaired) electrons. The number of carbonyl (C=O) groups excluding carboxylic acids is 3. The minimum atomic E-state index is -0.564. The number of aliphatic hydroxyl groups is 1. The summed E-state index contributed by atoms with van der Waals surface area (Å²) in [4.78, 5) is 40.7. The molecule has 3 aliphatic heterocycles. The lowest BCUT2D eigenvalue weighted by atomic mass is 9.71. The second kappa shape index (κ2) is 7.99. The number of thioether (sulfide) groups is 1. The fourth-order valence-corrected chi connectivity index (χ4v) is 7.16. The molecule has 3 saturated heterocycles. The Morgan fingerprint density at radius 2 is 2.15 bits per heavy atom. The van der Waals surface area contributed by atoms with Crippen molar-refractivity contribution in [2.45, 2.75) is 68.5 Å². The molecule has 7 nitrogen and oxygen atoms in total. The van der Waals surface area contributed by atoms with Crippen molar-refractivity contribution in [2.75, 3.05) is 19.8 Å². The van der Waals surface area contributed by atoms with Gasteiger partial charge in [-0.05, 0) is 46.5 Å². The Kier molecular flexibility index (Phi) is 6.05. The molecular weight excluding hydrogens is 368 g/mol. The number of unbranched alkanes of at least 4 members (excludes halogenated alkanes) is 1. The van der Waals surface area contributed by atoms with Gasteiger partial charge < -0.3 is 20.1 Å². The van der Waals surface area contributed by atoms with Crippen LogP contribution in [0.25, 0.3) is 0 Å². The normalized spacial score (nSPS) is 34.3. The van der Waals surface area contributed by atoms with Gasteiger partial charge in [0.05, 0.1) is 23.2 Å². The topological polar surface area (TPSA) is 95.9 Å². The van der Waals surface area contributed by atoms with Gasteiger partial charge in [0, 0.05) is 24.4 Å². The zero-order valence-corrected chi connectivity index (χ0v) is 17.1. The summed E-state index contributed by atoms with van der Waals surface area (Å²) < 4.78 is 4.72. The van der Waals surface area contributed by atoms with Gasteiger partial charge in [-0.2, -0.15) is 0 Å². The smallest absolute Gasteiger partial charge is 0.310 e. The Labute approximate surface area is 164 Å². The molecule has 1 spiro atoms. The monoisotopic (exact) mass is 398 g/mol. The van der Waals surface area contributed by atoms with Crippen molar-refractivity contribution in [3.8, 4) is 0 Å². The number of amides is 2. The molecule has 2 amide bonds. The lowest BCUT2D eigenvalue weighted by Crippen LogP contribution is -2.54. The van der Waals surface area contributed by atoms with E-state index in [2.05, 4.69) is 5.32 Å². The maximum absolute atomic E-state index is 13.3. The predicted octanol–water partition coefficient (Wildman–Crippen LogP) is 0.938. The van der Waals surface area contributed by atoms with Crippen molar-refractivity contribution in [3.63, 3.8) is 0 Å². The maximum Gasteiger partial charge on any atom is 0.310 e. The van der Waals surface area contributed by atoms with Gasteiger partial charge in [-0.25, -0.2) is 0 Å². The maximum atomic E-state index is 13.3. The molecule has 27 heavy (non-hydrogen) atoms. The van der Waals surface area contributed by atoms with Gasteiger partial charge in [0.15, 0.2) is 0 Å². The minimum absolute atomic E-state index is 0.0215. The Bertz CT molecular complexity index is 613. The number of likely N-dealkylation sites (tertiary alicyclic amines) is 1. The third-order valence-corrected chi connectivity index (χ3v) is 7.80. The molecule has 2 unspecified atom stereocenters. The number of rotatable bonds is 8. The number of ether oxygens (including phenoxy) is 1. The number of carbonyl (C=O) groups is 3. The van der Waals surface area contributed by atoms with Crippen molar-refractivity contribution < 1.29 is 24.2 Å². The fraction of sp³-hybridized carbons (Fsp3) is 0.842. The Hall–Kier alpha value is -1.28. The summed E-state index contributed by atoms with van der Waals surface area (Å²) in [6.45, 7) is 6.35. The van der Waals surface area contributed by atoms with Gasteiger partial charge in [-0.1, -0.05) is 0 Å². The Balaban J connectivity index is 1.93. The summed E-state index contributed by atoms with van der Waals surface area (Å²) >= 11 is 1.65. The molecule has 3 heterocycles. The highest BCUT2D eigenvalue weighted by atomic mass is 32.2. The SMILES string of the molecule is CCOC(=O)[C@@H]1[C@H]2C(=O)N(CCCCO)C(C(=O)NC(C)C)C23CC[C@H]1S3. The first kappa shape index (κ1) is 20.5. The molecule has 2 bridgehead atoms. The predicted molar refractivity (Wildman–Crippen MR) is 102 cm³/mol. The van der Waals surface area contributed by atoms with Crippen LogP contribution in [-0.2, 0) is 19.1 Å². The third kappa shape index (κ3) is 3.35. The zero-order valence-electron chi connectivity index (χ0n) is 16.3. The third-order valence-electron chi connectivity index (χ3n) is 5.85. The molecule has 0 aromatic rings. The first-order valence-corrected chi connectivity index (χ1v) is 10.8. The molecule has 3 aliphatic rings. The van der Waals surface area contributed by atoms with Crippen molar-refractivity contribution in [1.82, 2.24) is 10.2 Å². The van der Waals surface area contributed by atoms with E-state index in [9.17, 15) is 14.4 Å². The number of aliphatic hydroxyl groups excluding tert-OH is 1. The summed E-state index contributed by atoms with van der Waals surface area (Å²) in [6, 6.07) is -0.586. The van der Waals surface area contributed by atoms with Gasteiger partial charge >= 0.3 is 5.97 Å². The van der Waals surface area contributed by atoms with E-state index in [1.807, 2.05) is 13.8 Å². The van der Waals surface area contributed by atoms with Crippen LogP contribution in [0.3, 0.4) is 0 Å². The minimum Gasteiger partial charge on any atom is -0.466 e. The van der Waals surface area contributed by atoms with Gasteiger partial charge in [0.25, 0.3) is 0 Å². The molecule has 8 heteroatoms. The van der Waals surface area contributed by atoms with Crippen molar-refractivity contribution >= 4 is 29.5 Å². The number of nitrogens with one attached hydrogen (secondary N) is 1. The quantitative estimate of drug-likeness (QED) is 0.467. The molecule has 3 fully saturated rings. The molecule has 5 atom stereocenters. The van der Waals surface area contributed by atoms with Gasteiger partial charge in [0.2, 0.25) is 11.8 Å². The average molecular weight is 399 g/mol. The van der Waals surface area contributed by atoms with Crippen molar-refractivity contribution in [2.24, 2.45) is 11.8 Å². The average Bonchev–Trinajstić information content (AvgIpc) is 3.22. The lowest BCUT2D eigenvalue weighted by molar-refractivity contribution is -0.153. The van der Waals surface area contributed by atoms with E-state index in [0.29, 0.717) is 19.4 Å². The summed E-state index contributed by atoms with van der Waals surface area (Å²) in [5.41, 5.74) is 0. The van der Waals surface area contributed by atoms with Gasteiger partial charge in [-0.3, -0.25) is 14.4 Å². The molecule has 0 aliphatic carbocycles. The summed E-state index contributed by atoms with van der Waals surface area (Å²) in [7, 11) is 0. The second-order valence-electron chi connectivity index (χ2n) is 7.93.